The molecule has 0 radical (unpaired) electrons. The molecule has 0 fully saturated rings. The van der Waals surface area contributed by atoms with Gasteiger partial charge in [0.1, 0.15) is 6.54 Å². The minimum Gasteiger partial charge on any atom is -0.318 e. The molecule has 4 rings (SSSR count). The summed E-state index contributed by atoms with van der Waals surface area (Å²) >= 11 is 0. The number of anilines is 1. The Labute approximate surface area is 243 Å². The number of benzene rings is 3. The Morgan fingerprint density at radius 2 is 1.55 bits per heavy atom. The van der Waals surface area contributed by atoms with Gasteiger partial charge in [0, 0.05) is 22.6 Å². The van der Waals surface area contributed by atoms with Crippen LogP contribution in [0.4, 0.5) is 18.9 Å². The normalized spacial score (nSPS) is 12.1. The van der Waals surface area contributed by atoms with Crippen LogP contribution in [-0.2, 0) is 21.0 Å². The third kappa shape index (κ3) is 6.73. The van der Waals surface area contributed by atoms with E-state index >= 15 is 0 Å². The molecule has 42 heavy (non-hydrogen) atoms. The van der Waals surface area contributed by atoms with Gasteiger partial charge < -0.3 is 4.57 Å². The molecule has 7 nitrogen and oxygen atoms in total. The first-order chi connectivity index (χ1) is 19.7. The van der Waals surface area contributed by atoms with E-state index in [-0.39, 0.29) is 10.6 Å². The highest BCUT2D eigenvalue weighted by molar-refractivity contribution is 7.92. The Bertz CT molecular complexity index is 1740. The molecule has 0 aliphatic rings. The minimum absolute atomic E-state index is 0.166. The number of aromatic nitrogens is 1. The third-order valence-electron chi connectivity index (χ3n) is 6.69. The van der Waals surface area contributed by atoms with Gasteiger partial charge in [0.2, 0.25) is 0 Å². The van der Waals surface area contributed by atoms with Gasteiger partial charge in [-0.2, -0.15) is 18.3 Å². The Morgan fingerprint density at radius 3 is 2.17 bits per heavy atom. The number of carbonyl (C=O) groups excluding carboxylic acids is 1. The molecule has 0 saturated carbocycles. The van der Waals surface area contributed by atoms with Crippen molar-refractivity contribution in [2.24, 2.45) is 5.10 Å². The van der Waals surface area contributed by atoms with Crippen LogP contribution < -0.4 is 9.73 Å². The second kappa shape index (κ2) is 11.8. The molecule has 0 atom stereocenters. The number of hydrogen-bond donors (Lipinski definition) is 1. The maximum Gasteiger partial charge on any atom is 0.416 e. The highest BCUT2D eigenvalue weighted by atomic mass is 32.2. The van der Waals surface area contributed by atoms with E-state index < -0.39 is 34.2 Å². The smallest absolute Gasteiger partial charge is 0.318 e. The van der Waals surface area contributed by atoms with Crippen LogP contribution in [0.5, 0.6) is 0 Å². The average Bonchev–Trinajstić information content (AvgIpc) is 3.19. The summed E-state index contributed by atoms with van der Waals surface area (Å²) < 4.78 is 70.0. The first kappa shape index (κ1) is 30.6. The summed E-state index contributed by atoms with van der Waals surface area (Å²) in [7, 11) is -4.40. The van der Waals surface area contributed by atoms with Gasteiger partial charge in [0.05, 0.1) is 22.4 Å². The van der Waals surface area contributed by atoms with E-state index in [4.69, 9.17) is 0 Å². The summed E-state index contributed by atoms with van der Waals surface area (Å²) in [6.07, 6.45) is -3.26. The number of alkyl halides is 3. The third-order valence-corrected chi connectivity index (χ3v) is 8.47. The number of halogens is 3. The van der Waals surface area contributed by atoms with Gasteiger partial charge in [-0.1, -0.05) is 29.8 Å². The average molecular weight is 597 g/mol. The number of aryl methyl sites for hydroxylation is 4. The van der Waals surface area contributed by atoms with Crippen LogP contribution in [-0.4, -0.2) is 31.7 Å². The Kier molecular flexibility index (Phi) is 8.63. The van der Waals surface area contributed by atoms with E-state index in [1.165, 1.54) is 24.4 Å². The molecular formula is C31H31F3N4O3S. The first-order valence-corrected chi connectivity index (χ1v) is 14.5. The maximum atomic E-state index is 13.5. The number of carbonyl (C=O) groups is 1. The second-order valence-corrected chi connectivity index (χ2v) is 12.0. The van der Waals surface area contributed by atoms with Gasteiger partial charge in [-0.15, -0.1) is 0 Å². The van der Waals surface area contributed by atoms with E-state index in [1.54, 1.807) is 19.1 Å². The van der Waals surface area contributed by atoms with Crippen molar-refractivity contribution in [3.63, 3.8) is 0 Å². The van der Waals surface area contributed by atoms with E-state index in [0.29, 0.717) is 10.4 Å². The van der Waals surface area contributed by atoms with Crippen LogP contribution in [0.1, 0.15) is 39.2 Å². The Balaban J connectivity index is 1.60. The van der Waals surface area contributed by atoms with Crippen molar-refractivity contribution in [2.45, 2.75) is 45.7 Å². The quantitative estimate of drug-likeness (QED) is 0.189. The van der Waals surface area contributed by atoms with Crippen molar-refractivity contribution < 1.29 is 26.4 Å². The van der Waals surface area contributed by atoms with E-state index in [0.717, 1.165) is 51.5 Å². The SMILES string of the molecule is Cc1ccc(S(=O)(=O)N(CC(=O)N/N=C/c2cc(C)n(-c3cc(C)cc(C)c3)c2C)c2cccc(C(F)(F)F)c2)cc1. The number of amides is 1. The van der Waals surface area contributed by atoms with Crippen molar-refractivity contribution >= 4 is 27.8 Å². The zero-order valence-electron chi connectivity index (χ0n) is 23.8. The predicted molar refractivity (Wildman–Crippen MR) is 158 cm³/mol. The van der Waals surface area contributed by atoms with Gasteiger partial charge >= 0.3 is 6.18 Å². The summed E-state index contributed by atoms with van der Waals surface area (Å²) in [5.41, 5.74) is 7.55. The summed E-state index contributed by atoms with van der Waals surface area (Å²) in [4.78, 5) is 12.8. The Hall–Kier alpha value is -4.38. The lowest BCUT2D eigenvalue weighted by molar-refractivity contribution is -0.137. The molecule has 1 N–H and O–H groups in total. The van der Waals surface area contributed by atoms with Crippen LogP contribution >= 0.6 is 0 Å². The van der Waals surface area contributed by atoms with Gasteiger partial charge in [-0.3, -0.25) is 9.10 Å². The molecule has 1 amide bonds. The first-order valence-electron chi connectivity index (χ1n) is 13.0. The van der Waals surface area contributed by atoms with Crippen molar-refractivity contribution in [3.05, 3.63) is 112 Å². The fraction of sp³-hybridized carbons (Fsp3) is 0.226. The number of rotatable bonds is 8. The summed E-state index contributed by atoms with van der Waals surface area (Å²) in [6, 6.07) is 17.8. The molecule has 4 aromatic rings. The lowest BCUT2D eigenvalue weighted by Crippen LogP contribution is -2.39. The zero-order chi connectivity index (χ0) is 30.8. The molecule has 11 heteroatoms. The summed E-state index contributed by atoms with van der Waals surface area (Å²) in [5, 5.41) is 4.02. The standard InChI is InChI=1S/C31H31F3N4O3S/c1-20-9-11-29(12-10-20)42(40,41)37(27-8-6-7-26(17-27)31(32,33)34)19-30(39)36-35-18-25-16-23(4)38(24(25)5)28-14-21(2)13-22(3)15-28/h6-18H,19H2,1-5H3,(H,36,39)/b35-18+. The lowest BCUT2D eigenvalue weighted by Gasteiger charge is -2.24. The van der Waals surface area contributed by atoms with E-state index in [9.17, 15) is 26.4 Å². The molecule has 220 valence electrons. The van der Waals surface area contributed by atoms with E-state index in [2.05, 4.69) is 33.3 Å². The van der Waals surface area contributed by atoms with Crippen molar-refractivity contribution in [2.75, 3.05) is 10.8 Å². The van der Waals surface area contributed by atoms with Crippen LogP contribution in [0.15, 0.2) is 82.8 Å². The number of nitrogens with zero attached hydrogens (tertiary/aromatic N) is 3. The molecule has 1 aromatic heterocycles. The minimum atomic E-state index is -4.70. The van der Waals surface area contributed by atoms with Gasteiger partial charge in [-0.05, 0) is 94.3 Å². The van der Waals surface area contributed by atoms with Crippen molar-refractivity contribution in [3.8, 4) is 5.69 Å². The van der Waals surface area contributed by atoms with Crippen LogP contribution in [0, 0.1) is 34.6 Å². The van der Waals surface area contributed by atoms with E-state index in [1.807, 2.05) is 33.8 Å². The molecule has 0 spiro atoms. The highest BCUT2D eigenvalue weighted by Gasteiger charge is 2.33. The highest BCUT2D eigenvalue weighted by Crippen LogP contribution is 2.33. The monoisotopic (exact) mass is 596 g/mol. The molecule has 0 aliphatic heterocycles. The summed E-state index contributed by atoms with van der Waals surface area (Å²) in [6.45, 7) is 8.87. The number of hydrazone groups is 1. The predicted octanol–water partition coefficient (Wildman–Crippen LogP) is 6.38. The number of sulfonamides is 1. The molecule has 0 saturated heterocycles. The fourth-order valence-electron chi connectivity index (χ4n) is 4.72. The van der Waals surface area contributed by atoms with Gasteiger partial charge in [0.25, 0.3) is 15.9 Å². The number of hydrogen-bond acceptors (Lipinski definition) is 4. The number of nitrogens with one attached hydrogen (secondary N) is 1. The molecule has 0 unspecified atom stereocenters. The van der Waals surface area contributed by atoms with Crippen LogP contribution in [0.3, 0.4) is 0 Å². The fourth-order valence-corrected chi connectivity index (χ4v) is 6.14. The largest absolute Gasteiger partial charge is 0.416 e. The summed E-state index contributed by atoms with van der Waals surface area (Å²) in [5.74, 6) is -0.831. The Morgan fingerprint density at radius 1 is 0.905 bits per heavy atom. The maximum absolute atomic E-state index is 13.5. The molecule has 3 aromatic carbocycles. The van der Waals surface area contributed by atoms with Crippen molar-refractivity contribution in [1.29, 1.82) is 0 Å². The van der Waals surface area contributed by atoms with Crippen molar-refractivity contribution in [1.82, 2.24) is 9.99 Å². The van der Waals surface area contributed by atoms with Gasteiger partial charge in [0.15, 0.2) is 0 Å². The van der Waals surface area contributed by atoms with Gasteiger partial charge in [-0.25, -0.2) is 13.8 Å². The zero-order valence-corrected chi connectivity index (χ0v) is 24.6. The topological polar surface area (TPSA) is 83.8 Å². The molecule has 1 heterocycles. The molecule has 0 aliphatic carbocycles. The lowest BCUT2D eigenvalue weighted by atomic mass is 10.1. The molecular weight excluding hydrogens is 565 g/mol. The second-order valence-electron chi connectivity index (χ2n) is 10.2. The van der Waals surface area contributed by atoms with Crippen LogP contribution in [0.25, 0.3) is 5.69 Å². The van der Waals surface area contributed by atoms with Crippen LogP contribution in [0.2, 0.25) is 0 Å². The molecule has 0 bridgehead atoms.